The number of hydrogen-bond donors (Lipinski definition) is 2. The molecule has 0 radical (unpaired) electrons. The van der Waals surface area contributed by atoms with Crippen molar-refractivity contribution < 1.29 is 4.79 Å². The first kappa shape index (κ1) is 7.12. The van der Waals surface area contributed by atoms with Crippen LogP contribution in [0, 0.1) is 0 Å². The molecule has 1 aliphatic rings. The number of urea groups is 1. The van der Waals surface area contributed by atoms with Crippen molar-refractivity contribution in [2.75, 3.05) is 0 Å². The predicted octanol–water partition coefficient (Wildman–Crippen LogP) is 0.763. The van der Waals surface area contributed by atoms with Crippen LogP contribution in [0.1, 0.15) is 19.3 Å². The van der Waals surface area contributed by atoms with Crippen molar-refractivity contribution in [1.29, 1.82) is 0 Å². The fraction of sp³-hybridized carbons (Fsp3) is 0.571. The van der Waals surface area contributed by atoms with Gasteiger partial charge in [-0.3, -0.25) is 0 Å². The van der Waals surface area contributed by atoms with Crippen LogP contribution in [0.2, 0.25) is 0 Å². The highest BCUT2D eigenvalue weighted by molar-refractivity contribution is 5.72. The molecular weight excluding hydrogens is 128 g/mol. The second-order valence-electron chi connectivity index (χ2n) is 2.47. The van der Waals surface area contributed by atoms with Crippen LogP contribution >= 0.6 is 0 Å². The zero-order valence-electron chi connectivity index (χ0n) is 5.84. The number of rotatable bonds is 1. The van der Waals surface area contributed by atoms with Crippen LogP contribution < -0.4 is 11.1 Å². The minimum absolute atomic E-state index is 0.172. The number of carbonyl (C=O) groups is 1. The van der Waals surface area contributed by atoms with Crippen molar-refractivity contribution in [3.8, 4) is 0 Å². The van der Waals surface area contributed by atoms with Crippen LogP contribution in [0.25, 0.3) is 0 Å². The maximum Gasteiger partial charge on any atom is 0.312 e. The third-order valence-corrected chi connectivity index (χ3v) is 1.58. The van der Waals surface area contributed by atoms with E-state index in [2.05, 4.69) is 11.4 Å². The standard InChI is InChI=1S/C7H12N2O/c8-7(10)9-6-4-2-1-3-5-6/h2,4,6H,1,3,5H2,(H3,8,9,10). The van der Waals surface area contributed by atoms with Crippen molar-refractivity contribution in [3.63, 3.8) is 0 Å². The summed E-state index contributed by atoms with van der Waals surface area (Å²) in [6, 6.07) is -0.261. The lowest BCUT2D eigenvalue weighted by Gasteiger charge is -2.15. The molecule has 0 bridgehead atoms. The molecule has 10 heavy (non-hydrogen) atoms. The maximum atomic E-state index is 10.3. The Morgan fingerprint density at radius 3 is 3.00 bits per heavy atom. The number of hydrogen-bond acceptors (Lipinski definition) is 1. The summed E-state index contributed by atoms with van der Waals surface area (Å²) in [5.41, 5.74) is 4.94. The lowest BCUT2D eigenvalue weighted by molar-refractivity contribution is 0.246. The van der Waals surface area contributed by atoms with E-state index in [4.69, 9.17) is 5.73 Å². The van der Waals surface area contributed by atoms with Gasteiger partial charge in [-0.05, 0) is 19.3 Å². The Balaban J connectivity index is 2.33. The van der Waals surface area contributed by atoms with Gasteiger partial charge < -0.3 is 11.1 Å². The minimum Gasteiger partial charge on any atom is -0.352 e. The zero-order valence-corrected chi connectivity index (χ0v) is 5.84. The molecule has 3 N–H and O–H groups in total. The average molecular weight is 140 g/mol. The van der Waals surface area contributed by atoms with Gasteiger partial charge in [0.25, 0.3) is 0 Å². The molecule has 1 rings (SSSR count). The molecular formula is C7H12N2O. The quantitative estimate of drug-likeness (QED) is 0.519. The molecule has 1 aliphatic carbocycles. The molecule has 2 amide bonds. The lowest BCUT2D eigenvalue weighted by Crippen LogP contribution is -2.38. The summed E-state index contributed by atoms with van der Waals surface area (Å²) in [7, 11) is 0. The Morgan fingerprint density at radius 2 is 2.50 bits per heavy atom. The topological polar surface area (TPSA) is 55.1 Å². The molecule has 1 atom stereocenters. The Morgan fingerprint density at radius 1 is 1.70 bits per heavy atom. The molecule has 1 unspecified atom stereocenters. The van der Waals surface area contributed by atoms with E-state index in [-0.39, 0.29) is 6.04 Å². The monoisotopic (exact) mass is 140 g/mol. The van der Waals surface area contributed by atoms with Crippen molar-refractivity contribution in [3.05, 3.63) is 12.2 Å². The summed E-state index contributed by atoms with van der Waals surface area (Å²) in [6.07, 6.45) is 7.34. The van der Waals surface area contributed by atoms with Crippen LogP contribution in [0.15, 0.2) is 12.2 Å². The molecule has 3 nitrogen and oxygen atoms in total. The summed E-state index contributed by atoms with van der Waals surface area (Å²) in [4.78, 5) is 10.3. The zero-order chi connectivity index (χ0) is 7.40. The molecule has 0 spiro atoms. The summed E-state index contributed by atoms with van der Waals surface area (Å²) in [5.74, 6) is 0. The van der Waals surface area contributed by atoms with Crippen LogP contribution in [0.4, 0.5) is 4.79 Å². The summed E-state index contributed by atoms with van der Waals surface area (Å²) in [5, 5.41) is 2.63. The van der Waals surface area contributed by atoms with Crippen molar-refractivity contribution in [2.24, 2.45) is 5.73 Å². The van der Waals surface area contributed by atoms with Gasteiger partial charge in [0, 0.05) is 6.04 Å². The van der Waals surface area contributed by atoms with E-state index in [1.54, 1.807) is 0 Å². The molecule has 0 heterocycles. The highest BCUT2D eigenvalue weighted by Gasteiger charge is 2.07. The van der Waals surface area contributed by atoms with Gasteiger partial charge in [-0.1, -0.05) is 12.2 Å². The second-order valence-corrected chi connectivity index (χ2v) is 2.47. The summed E-state index contributed by atoms with van der Waals surface area (Å²) in [6.45, 7) is 0. The van der Waals surface area contributed by atoms with Crippen molar-refractivity contribution in [2.45, 2.75) is 25.3 Å². The maximum absolute atomic E-state index is 10.3. The van der Waals surface area contributed by atoms with Gasteiger partial charge in [0.1, 0.15) is 0 Å². The van der Waals surface area contributed by atoms with E-state index >= 15 is 0 Å². The second kappa shape index (κ2) is 3.25. The van der Waals surface area contributed by atoms with Crippen molar-refractivity contribution in [1.82, 2.24) is 5.32 Å². The first-order chi connectivity index (χ1) is 4.79. The molecule has 0 saturated carbocycles. The van der Waals surface area contributed by atoms with Crippen LogP contribution in [-0.4, -0.2) is 12.1 Å². The Hall–Kier alpha value is -0.990. The van der Waals surface area contributed by atoms with E-state index in [1.807, 2.05) is 6.08 Å². The van der Waals surface area contributed by atoms with Crippen LogP contribution in [0.5, 0.6) is 0 Å². The Kier molecular flexibility index (Phi) is 2.31. The minimum atomic E-state index is -0.434. The number of nitrogens with one attached hydrogen (secondary N) is 1. The van der Waals surface area contributed by atoms with E-state index < -0.39 is 6.03 Å². The number of primary amides is 1. The van der Waals surface area contributed by atoms with Gasteiger partial charge in [-0.15, -0.1) is 0 Å². The van der Waals surface area contributed by atoms with E-state index in [1.165, 1.54) is 0 Å². The fourth-order valence-electron chi connectivity index (χ4n) is 1.12. The van der Waals surface area contributed by atoms with E-state index in [0.717, 1.165) is 19.3 Å². The third kappa shape index (κ3) is 2.09. The SMILES string of the molecule is NC(=O)NC1C=CCCC1. The van der Waals surface area contributed by atoms with Crippen LogP contribution in [0.3, 0.4) is 0 Å². The summed E-state index contributed by atoms with van der Waals surface area (Å²) < 4.78 is 0. The van der Waals surface area contributed by atoms with Gasteiger partial charge in [-0.2, -0.15) is 0 Å². The lowest BCUT2D eigenvalue weighted by atomic mass is 10.0. The smallest absolute Gasteiger partial charge is 0.312 e. The molecule has 0 aromatic carbocycles. The first-order valence-corrected chi connectivity index (χ1v) is 3.51. The number of nitrogens with two attached hydrogens (primary N) is 1. The van der Waals surface area contributed by atoms with E-state index in [0.29, 0.717) is 0 Å². The summed E-state index contributed by atoms with van der Waals surface area (Å²) >= 11 is 0. The van der Waals surface area contributed by atoms with Gasteiger partial charge in [0.15, 0.2) is 0 Å². The van der Waals surface area contributed by atoms with Gasteiger partial charge in [0.2, 0.25) is 0 Å². The average Bonchev–Trinajstić information content (AvgIpc) is 1.88. The third-order valence-electron chi connectivity index (χ3n) is 1.58. The van der Waals surface area contributed by atoms with Gasteiger partial charge in [-0.25, -0.2) is 4.79 Å². The van der Waals surface area contributed by atoms with E-state index in [9.17, 15) is 4.79 Å². The largest absolute Gasteiger partial charge is 0.352 e. The Labute approximate surface area is 60.3 Å². The number of amides is 2. The number of carbonyl (C=O) groups excluding carboxylic acids is 1. The number of allylic oxidation sites excluding steroid dienone is 1. The molecule has 56 valence electrons. The fourth-order valence-corrected chi connectivity index (χ4v) is 1.12. The normalized spacial score (nSPS) is 24.2. The molecule has 0 saturated heterocycles. The first-order valence-electron chi connectivity index (χ1n) is 3.51. The molecule has 0 aliphatic heterocycles. The molecule has 3 heteroatoms. The molecule has 0 aromatic heterocycles. The van der Waals surface area contributed by atoms with Crippen molar-refractivity contribution >= 4 is 6.03 Å². The highest BCUT2D eigenvalue weighted by atomic mass is 16.2. The molecule has 0 fully saturated rings. The van der Waals surface area contributed by atoms with Gasteiger partial charge >= 0.3 is 6.03 Å². The highest BCUT2D eigenvalue weighted by Crippen LogP contribution is 2.09. The Bertz CT molecular complexity index is 154. The van der Waals surface area contributed by atoms with Gasteiger partial charge in [0.05, 0.1) is 0 Å². The molecule has 0 aromatic rings. The van der Waals surface area contributed by atoms with Crippen LogP contribution in [-0.2, 0) is 0 Å². The predicted molar refractivity (Wildman–Crippen MR) is 39.5 cm³/mol.